The Kier molecular flexibility index (Phi) is 15.4. The van der Waals surface area contributed by atoms with Gasteiger partial charge in [-0.05, 0) is 77.4 Å². The van der Waals surface area contributed by atoms with Gasteiger partial charge in [0.05, 0.1) is 50.2 Å². The molecule has 280 valence electrons. The van der Waals surface area contributed by atoms with Gasteiger partial charge in [0.15, 0.2) is 0 Å². The summed E-state index contributed by atoms with van der Waals surface area (Å²) >= 11 is 3.36. The number of ether oxygens (including phenoxy) is 3. The maximum absolute atomic E-state index is 12.1. The predicted molar refractivity (Wildman–Crippen MR) is 201 cm³/mol. The van der Waals surface area contributed by atoms with E-state index in [1.165, 1.54) is 17.7 Å². The van der Waals surface area contributed by atoms with Crippen LogP contribution in [0.5, 0.6) is 17.2 Å². The summed E-state index contributed by atoms with van der Waals surface area (Å²) < 4.78 is 15.0. The lowest BCUT2D eigenvalue weighted by molar-refractivity contribution is -0.101. The minimum atomic E-state index is -0.657. The van der Waals surface area contributed by atoms with Crippen LogP contribution in [-0.4, -0.2) is 60.3 Å². The Hall–Kier alpha value is -5.90. The average Bonchev–Trinajstić information content (AvgIpc) is 3.60. The number of halogens is 1. The van der Waals surface area contributed by atoms with Crippen molar-refractivity contribution in [2.24, 2.45) is 5.90 Å². The number of carbonyl (C=O) groups excluding carboxylic acids is 4. The van der Waals surface area contributed by atoms with Crippen LogP contribution in [0.4, 0.5) is 0 Å². The maximum Gasteiger partial charge on any atom is 0.285 e. The van der Waals surface area contributed by atoms with E-state index < -0.39 is 23.6 Å². The van der Waals surface area contributed by atoms with Crippen LogP contribution in [0.2, 0.25) is 0 Å². The number of fused-ring (bicyclic) bond motifs is 2. The SMILES string of the molecule is COc1ccc(CBr)cc1.COc1ccc(CON)cc1.COc1ccc(CON2C(=O)c3ccccc3C2=O)cc1.O=C1c2ccccc2C(=O)N1O. The number of nitrogens with two attached hydrogens (primary N) is 1. The van der Waals surface area contributed by atoms with Gasteiger partial charge in [0.1, 0.15) is 23.9 Å². The first-order chi connectivity index (χ1) is 26.1. The molecule has 0 spiro atoms. The molecule has 0 saturated carbocycles. The third kappa shape index (κ3) is 10.6. The highest BCUT2D eigenvalue weighted by Gasteiger charge is 2.36. The molecule has 5 aromatic carbocycles. The Balaban J connectivity index is 0.000000170. The number of alkyl halides is 1. The first-order valence-electron chi connectivity index (χ1n) is 16.2. The molecule has 2 aliphatic rings. The van der Waals surface area contributed by atoms with Crippen molar-refractivity contribution in [3.63, 3.8) is 0 Å². The molecule has 0 atom stereocenters. The van der Waals surface area contributed by atoms with Crippen molar-refractivity contribution < 1.29 is 48.3 Å². The molecule has 0 unspecified atom stereocenters. The van der Waals surface area contributed by atoms with Crippen LogP contribution in [0.1, 0.15) is 58.1 Å². The van der Waals surface area contributed by atoms with Crippen LogP contribution in [0, 0.1) is 0 Å². The zero-order valence-corrected chi connectivity index (χ0v) is 31.2. The number of methoxy groups -OCH3 is 3. The smallest absolute Gasteiger partial charge is 0.285 e. The van der Waals surface area contributed by atoms with E-state index in [9.17, 15) is 19.2 Å². The fourth-order valence-corrected chi connectivity index (χ4v) is 5.23. The van der Waals surface area contributed by atoms with Crippen LogP contribution < -0.4 is 20.1 Å². The largest absolute Gasteiger partial charge is 0.497 e. The number of carbonyl (C=O) groups is 4. The van der Waals surface area contributed by atoms with Crippen LogP contribution in [-0.2, 0) is 28.2 Å². The minimum Gasteiger partial charge on any atom is -0.497 e. The molecule has 0 saturated heterocycles. The Morgan fingerprint density at radius 1 is 0.519 bits per heavy atom. The van der Waals surface area contributed by atoms with Gasteiger partial charge >= 0.3 is 0 Å². The van der Waals surface area contributed by atoms with E-state index in [2.05, 4.69) is 20.8 Å². The van der Waals surface area contributed by atoms with E-state index in [1.54, 1.807) is 69.9 Å². The van der Waals surface area contributed by atoms with Crippen molar-refractivity contribution >= 4 is 39.6 Å². The molecule has 3 N–H and O–H groups in total. The summed E-state index contributed by atoms with van der Waals surface area (Å²) in [5.74, 6) is 5.21. The summed E-state index contributed by atoms with van der Waals surface area (Å²) in [7, 11) is 4.89. The van der Waals surface area contributed by atoms with Gasteiger partial charge in [0.25, 0.3) is 23.6 Å². The Morgan fingerprint density at radius 3 is 1.19 bits per heavy atom. The molecule has 14 heteroatoms. The van der Waals surface area contributed by atoms with Gasteiger partial charge < -0.3 is 14.2 Å². The Morgan fingerprint density at radius 2 is 0.852 bits per heavy atom. The summed E-state index contributed by atoms with van der Waals surface area (Å²) in [6.45, 7) is 0.569. The van der Waals surface area contributed by atoms with E-state index in [1.807, 2.05) is 60.7 Å². The highest BCUT2D eigenvalue weighted by atomic mass is 79.9. The second-order valence-electron chi connectivity index (χ2n) is 11.2. The first kappa shape index (κ1) is 40.9. The van der Waals surface area contributed by atoms with Crippen LogP contribution in [0.15, 0.2) is 121 Å². The van der Waals surface area contributed by atoms with Crippen molar-refractivity contribution in [1.29, 1.82) is 0 Å². The van der Waals surface area contributed by atoms with Gasteiger partial charge in [-0.2, -0.15) is 0 Å². The Labute approximate surface area is 320 Å². The molecule has 0 bridgehead atoms. The molecule has 5 aromatic rings. The van der Waals surface area contributed by atoms with Gasteiger partial charge in [0.2, 0.25) is 0 Å². The normalized spacial score (nSPS) is 12.3. The van der Waals surface area contributed by atoms with E-state index in [-0.39, 0.29) is 22.8 Å². The molecule has 2 aliphatic heterocycles. The zero-order valence-electron chi connectivity index (χ0n) is 29.6. The summed E-state index contributed by atoms with van der Waals surface area (Å²) in [6.07, 6.45) is 0. The second kappa shape index (κ2) is 20.4. The molecule has 0 aromatic heterocycles. The van der Waals surface area contributed by atoms with Crippen molar-refractivity contribution in [2.45, 2.75) is 18.5 Å². The van der Waals surface area contributed by atoms with E-state index in [0.717, 1.165) is 38.8 Å². The quantitative estimate of drug-likeness (QED) is 0.0699. The van der Waals surface area contributed by atoms with Crippen molar-refractivity contribution in [1.82, 2.24) is 10.1 Å². The number of rotatable bonds is 9. The summed E-state index contributed by atoms with van der Waals surface area (Å²) in [5, 5.41) is 10.8. The molecule has 54 heavy (non-hydrogen) atoms. The fraction of sp³-hybridized carbons (Fsp3) is 0.150. The van der Waals surface area contributed by atoms with Crippen molar-refractivity contribution in [2.75, 3.05) is 21.3 Å². The average molecular weight is 801 g/mol. The summed E-state index contributed by atoms with van der Waals surface area (Å²) in [5.41, 5.74) is 4.39. The molecule has 7 rings (SSSR count). The molecular weight excluding hydrogens is 762 g/mol. The minimum absolute atomic E-state index is 0.130. The third-order valence-electron chi connectivity index (χ3n) is 7.77. The molecular formula is C40H38BrN3O10. The molecule has 0 aliphatic carbocycles. The molecule has 0 radical (unpaired) electrons. The number of hydrogen-bond acceptors (Lipinski definition) is 11. The number of amides is 4. The fourth-order valence-electron chi connectivity index (χ4n) is 4.85. The number of benzene rings is 5. The summed E-state index contributed by atoms with van der Waals surface area (Å²) in [6, 6.07) is 35.7. The van der Waals surface area contributed by atoms with Crippen LogP contribution in [0.3, 0.4) is 0 Å². The van der Waals surface area contributed by atoms with E-state index >= 15 is 0 Å². The molecule has 0 fully saturated rings. The first-order valence-corrected chi connectivity index (χ1v) is 17.3. The summed E-state index contributed by atoms with van der Waals surface area (Å²) in [4.78, 5) is 56.1. The van der Waals surface area contributed by atoms with Crippen molar-refractivity contribution in [3.05, 3.63) is 160 Å². The molecule has 2 heterocycles. The third-order valence-corrected chi connectivity index (χ3v) is 8.42. The lowest BCUT2D eigenvalue weighted by Gasteiger charge is -2.13. The van der Waals surface area contributed by atoms with Crippen molar-refractivity contribution in [3.8, 4) is 17.2 Å². The monoisotopic (exact) mass is 799 g/mol. The van der Waals surface area contributed by atoms with Gasteiger partial charge in [-0.1, -0.05) is 76.6 Å². The number of nitrogens with zero attached hydrogens (tertiary/aromatic N) is 2. The number of hydroxylamine groups is 4. The number of imide groups is 2. The highest BCUT2D eigenvalue weighted by molar-refractivity contribution is 9.08. The van der Waals surface area contributed by atoms with Gasteiger partial charge in [-0.15, -0.1) is 10.1 Å². The molecule has 4 amide bonds. The van der Waals surface area contributed by atoms with Crippen LogP contribution in [0.25, 0.3) is 0 Å². The highest BCUT2D eigenvalue weighted by Crippen LogP contribution is 2.24. The Bertz CT molecular complexity index is 1930. The lowest BCUT2D eigenvalue weighted by atomic mass is 10.1. The van der Waals surface area contributed by atoms with Gasteiger partial charge in [-0.25, -0.2) is 5.90 Å². The van der Waals surface area contributed by atoms with Gasteiger partial charge in [-0.3, -0.25) is 34.1 Å². The van der Waals surface area contributed by atoms with Gasteiger partial charge in [0, 0.05) is 5.33 Å². The topological polar surface area (TPSA) is 167 Å². The second-order valence-corrected chi connectivity index (χ2v) is 11.7. The molecule has 13 nitrogen and oxygen atoms in total. The maximum atomic E-state index is 12.1. The number of hydrogen-bond donors (Lipinski definition) is 2. The standard InChI is InChI=1S/C16H13NO4.C8H9BrO.C8H5NO3.C8H11NO2/c1-20-12-8-6-11(7-9-12)10-21-17-15(18)13-4-2-3-5-14(13)16(17)19;1-10-8-4-2-7(6-9)3-5-8;10-7-5-3-1-2-4-6(5)8(11)9(7)12;1-10-8-4-2-7(3-5-8)6-11-9/h2-9H,10H2,1H3;2-5H,6H2,1H3;1-4,12H;2-5H,6,9H2,1H3. The van der Waals surface area contributed by atoms with Crippen LogP contribution >= 0.6 is 15.9 Å². The zero-order chi connectivity index (χ0) is 39.0. The van der Waals surface area contributed by atoms with E-state index in [0.29, 0.717) is 17.7 Å². The lowest BCUT2D eigenvalue weighted by Crippen LogP contribution is -2.29. The van der Waals surface area contributed by atoms with E-state index in [4.69, 9.17) is 30.2 Å². The predicted octanol–water partition coefficient (Wildman–Crippen LogP) is 6.77.